The Labute approximate surface area is 188 Å². The number of aromatic nitrogens is 3. The SMILES string of the molecule is Cc1c2c(nc3nc(NC4CCN(Cc5ccc(B(O)O)cc5)CC4)nc(N)c13)CCC2. The molecule has 8 nitrogen and oxygen atoms in total. The average Bonchev–Trinajstić information content (AvgIpc) is 3.24. The van der Waals surface area contributed by atoms with Crippen molar-refractivity contribution in [3.63, 3.8) is 0 Å². The fourth-order valence-electron chi connectivity index (χ4n) is 4.98. The molecule has 0 unspecified atom stereocenters. The van der Waals surface area contributed by atoms with Crippen molar-refractivity contribution in [2.45, 2.75) is 51.6 Å². The summed E-state index contributed by atoms with van der Waals surface area (Å²) in [5.74, 6) is 1.07. The Hall–Kier alpha value is -2.75. The van der Waals surface area contributed by atoms with Crippen LogP contribution in [0.4, 0.5) is 11.8 Å². The Bertz CT molecular complexity index is 1130. The Kier molecular flexibility index (Phi) is 5.71. The highest BCUT2D eigenvalue weighted by Gasteiger charge is 2.23. The molecular weight excluding hydrogens is 403 g/mol. The molecule has 0 amide bonds. The maximum Gasteiger partial charge on any atom is 0.488 e. The molecule has 32 heavy (non-hydrogen) atoms. The molecule has 1 aliphatic heterocycles. The summed E-state index contributed by atoms with van der Waals surface area (Å²) < 4.78 is 0. The van der Waals surface area contributed by atoms with Gasteiger partial charge in [-0.05, 0) is 61.2 Å². The standard InChI is InChI=1S/C23H29BN6O2/c1-14-18-3-2-4-19(18)27-22-20(14)21(25)28-23(29-22)26-17-9-11-30(12-10-17)13-15-5-7-16(8-6-15)24(31)32/h5-8,17,31-32H,2-4,9-13H2,1H3,(H3,25,26,27,28,29). The quantitative estimate of drug-likeness (QED) is 0.444. The van der Waals surface area contributed by atoms with E-state index in [1.807, 2.05) is 12.1 Å². The molecule has 0 spiro atoms. The molecule has 9 heteroatoms. The summed E-state index contributed by atoms with van der Waals surface area (Å²) in [6, 6.07) is 7.74. The number of piperidine rings is 1. The minimum absolute atomic E-state index is 0.297. The summed E-state index contributed by atoms with van der Waals surface area (Å²) in [7, 11) is -1.42. The predicted molar refractivity (Wildman–Crippen MR) is 127 cm³/mol. The Morgan fingerprint density at radius 1 is 1.09 bits per heavy atom. The molecule has 5 rings (SSSR count). The van der Waals surface area contributed by atoms with Crippen molar-refractivity contribution in [1.82, 2.24) is 19.9 Å². The lowest BCUT2D eigenvalue weighted by molar-refractivity contribution is 0.211. The van der Waals surface area contributed by atoms with E-state index in [1.54, 1.807) is 12.1 Å². The van der Waals surface area contributed by atoms with Crippen LogP contribution in [0, 0.1) is 6.92 Å². The van der Waals surface area contributed by atoms with Crippen molar-refractivity contribution in [1.29, 1.82) is 0 Å². The van der Waals surface area contributed by atoms with Gasteiger partial charge in [0, 0.05) is 31.4 Å². The van der Waals surface area contributed by atoms with E-state index >= 15 is 0 Å². The smallest absolute Gasteiger partial charge is 0.423 e. The van der Waals surface area contributed by atoms with Crippen LogP contribution in [0.15, 0.2) is 24.3 Å². The molecule has 0 saturated carbocycles. The zero-order valence-corrected chi connectivity index (χ0v) is 18.4. The van der Waals surface area contributed by atoms with E-state index in [0.717, 1.165) is 62.8 Å². The number of hydrogen-bond acceptors (Lipinski definition) is 8. The zero-order chi connectivity index (χ0) is 22.2. The van der Waals surface area contributed by atoms with Crippen molar-refractivity contribution in [3.8, 4) is 0 Å². The van der Waals surface area contributed by atoms with E-state index in [-0.39, 0.29) is 0 Å². The third-order valence-corrected chi connectivity index (χ3v) is 6.78. The molecule has 1 saturated heterocycles. The van der Waals surface area contributed by atoms with E-state index in [4.69, 9.17) is 15.7 Å². The van der Waals surface area contributed by atoms with E-state index < -0.39 is 7.12 Å². The van der Waals surface area contributed by atoms with Crippen LogP contribution < -0.4 is 16.5 Å². The first-order valence-corrected chi connectivity index (χ1v) is 11.4. The number of likely N-dealkylation sites (tertiary alicyclic amines) is 1. The van der Waals surface area contributed by atoms with Crippen LogP contribution in [0.25, 0.3) is 11.0 Å². The third-order valence-electron chi connectivity index (χ3n) is 6.78. The van der Waals surface area contributed by atoms with Gasteiger partial charge in [-0.25, -0.2) is 4.98 Å². The van der Waals surface area contributed by atoms with Gasteiger partial charge in [0.1, 0.15) is 5.82 Å². The van der Waals surface area contributed by atoms with Crippen LogP contribution in [0.2, 0.25) is 0 Å². The first-order chi connectivity index (χ1) is 15.5. The fraction of sp³-hybridized carbons (Fsp3) is 0.435. The van der Waals surface area contributed by atoms with Gasteiger partial charge in [0.15, 0.2) is 5.65 Å². The Morgan fingerprint density at radius 3 is 2.56 bits per heavy atom. The topological polar surface area (TPSA) is 120 Å². The van der Waals surface area contributed by atoms with Crippen LogP contribution in [0.5, 0.6) is 0 Å². The number of nitrogens with zero attached hydrogens (tertiary/aromatic N) is 4. The van der Waals surface area contributed by atoms with Gasteiger partial charge in [0.25, 0.3) is 0 Å². The normalized spacial score (nSPS) is 17.0. The molecule has 0 bridgehead atoms. The lowest BCUT2D eigenvalue weighted by Crippen LogP contribution is -2.39. The average molecular weight is 432 g/mol. The van der Waals surface area contributed by atoms with Gasteiger partial charge in [-0.15, -0.1) is 0 Å². The molecule has 1 aromatic carbocycles. The first kappa shape index (κ1) is 21.1. The molecule has 2 aliphatic rings. The highest BCUT2D eigenvalue weighted by Crippen LogP contribution is 2.31. The number of pyridine rings is 1. The lowest BCUT2D eigenvalue weighted by Gasteiger charge is -2.32. The molecule has 1 fully saturated rings. The van der Waals surface area contributed by atoms with Gasteiger partial charge in [-0.3, -0.25) is 4.90 Å². The second-order valence-electron chi connectivity index (χ2n) is 8.96. The summed E-state index contributed by atoms with van der Waals surface area (Å²) in [6.07, 6.45) is 5.21. The van der Waals surface area contributed by atoms with Gasteiger partial charge >= 0.3 is 7.12 Å². The molecule has 5 N–H and O–H groups in total. The van der Waals surface area contributed by atoms with Crippen molar-refractivity contribution in [2.75, 3.05) is 24.1 Å². The van der Waals surface area contributed by atoms with Gasteiger partial charge in [0.2, 0.25) is 5.95 Å². The van der Waals surface area contributed by atoms with E-state index in [1.165, 1.54) is 16.7 Å². The van der Waals surface area contributed by atoms with Crippen LogP contribution in [0.3, 0.4) is 0 Å². The molecule has 0 radical (unpaired) electrons. The molecule has 1 aliphatic carbocycles. The number of nitrogen functional groups attached to an aromatic ring is 1. The minimum atomic E-state index is -1.42. The number of nitrogens with two attached hydrogens (primary N) is 1. The second-order valence-corrected chi connectivity index (χ2v) is 8.96. The van der Waals surface area contributed by atoms with Gasteiger partial charge in [-0.1, -0.05) is 24.3 Å². The fourth-order valence-corrected chi connectivity index (χ4v) is 4.98. The summed E-state index contributed by atoms with van der Waals surface area (Å²) in [6.45, 7) is 4.89. The van der Waals surface area contributed by atoms with Crippen molar-refractivity contribution < 1.29 is 10.0 Å². The number of fused-ring (bicyclic) bond motifs is 2. The maximum atomic E-state index is 9.23. The Morgan fingerprint density at radius 2 is 1.84 bits per heavy atom. The van der Waals surface area contributed by atoms with Crippen molar-refractivity contribution in [2.24, 2.45) is 0 Å². The van der Waals surface area contributed by atoms with Crippen molar-refractivity contribution >= 4 is 35.4 Å². The predicted octanol–water partition coefficient (Wildman–Crippen LogP) is 1.16. The molecular formula is C23H29BN6O2. The minimum Gasteiger partial charge on any atom is -0.423 e. The summed E-state index contributed by atoms with van der Waals surface area (Å²) >= 11 is 0. The van der Waals surface area contributed by atoms with Crippen molar-refractivity contribution in [3.05, 3.63) is 46.6 Å². The zero-order valence-electron chi connectivity index (χ0n) is 18.4. The number of rotatable bonds is 5. The monoisotopic (exact) mass is 432 g/mol. The number of hydrogen-bond donors (Lipinski definition) is 4. The van der Waals surface area contributed by atoms with E-state index in [9.17, 15) is 10.0 Å². The molecule has 3 heterocycles. The maximum absolute atomic E-state index is 9.23. The summed E-state index contributed by atoms with van der Waals surface area (Å²) in [4.78, 5) is 16.5. The molecule has 3 aromatic rings. The summed E-state index contributed by atoms with van der Waals surface area (Å²) in [5, 5.41) is 22.8. The van der Waals surface area contributed by atoms with Crippen LogP contribution >= 0.6 is 0 Å². The Balaban J connectivity index is 1.23. The van der Waals surface area contributed by atoms with E-state index in [2.05, 4.69) is 22.1 Å². The highest BCUT2D eigenvalue weighted by molar-refractivity contribution is 6.58. The van der Waals surface area contributed by atoms with Gasteiger partial charge in [0.05, 0.1) is 5.39 Å². The van der Waals surface area contributed by atoms with Gasteiger partial charge < -0.3 is 21.1 Å². The van der Waals surface area contributed by atoms with Crippen LogP contribution in [0.1, 0.15) is 41.6 Å². The number of aryl methyl sites for hydroxylation is 2. The molecule has 166 valence electrons. The molecule has 2 aromatic heterocycles. The largest absolute Gasteiger partial charge is 0.488 e. The third kappa shape index (κ3) is 4.15. The van der Waals surface area contributed by atoms with Crippen LogP contribution in [-0.4, -0.2) is 56.1 Å². The summed E-state index contributed by atoms with van der Waals surface area (Å²) in [5.41, 5.74) is 12.4. The van der Waals surface area contributed by atoms with E-state index in [0.29, 0.717) is 28.9 Å². The second kappa shape index (κ2) is 8.65. The lowest BCUT2D eigenvalue weighted by atomic mass is 9.80. The first-order valence-electron chi connectivity index (χ1n) is 11.4. The number of nitrogens with one attached hydrogen (secondary N) is 1. The highest BCUT2D eigenvalue weighted by atomic mass is 16.4. The number of benzene rings is 1. The molecule has 0 atom stereocenters. The number of anilines is 2. The van der Waals surface area contributed by atoms with Gasteiger partial charge in [-0.2, -0.15) is 9.97 Å². The van der Waals surface area contributed by atoms with Crippen LogP contribution in [-0.2, 0) is 19.4 Å².